The van der Waals surface area contributed by atoms with E-state index in [0.717, 1.165) is 6.54 Å². The van der Waals surface area contributed by atoms with Gasteiger partial charge in [-0.1, -0.05) is 11.6 Å². The smallest absolute Gasteiger partial charge is 0.306 e. The SMILES string of the molecule is COC(=O)CCN1CCC(NS(=O)(=O)c2ccc(Cl)cc2)C1. The Morgan fingerprint density at radius 2 is 2.09 bits per heavy atom. The maximum absolute atomic E-state index is 12.3. The van der Waals surface area contributed by atoms with E-state index in [-0.39, 0.29) is 16.9 Å². The summed E-state index contributed by atoms with van der Waals surface area (Å²) in [6.07, 6.45) is 1.03. The number of likely N-dealkylation sites (tertiary alicyclic amines) is 1. The van der Waals surface area contributed by atoms with Crippen LogP contribution >= 0.6 is 11.6 Å². The quantitative estimate of drug-likeness (QED) is 0.785. The highest BCUT2D eigenvalue weighted by molar-refractivity contribution is 7.89. The van der Waals surface area contributed by atoms with Crippen molar-refractivity contribution < 1.29 is 17.9 Å². The van der Waals surface area contributed by atoms with Crippen molar-refractivity contribution in [2.75, 3.05) is 26.7 Å². The monoisotopic (exact) mass is 346 g/mol. The van der Waals surface area contributed by atoms with Crippen LogP contribution in [0.1, 0.15) is 12.8 Å². The van der Waals surface area contributed by atoms with Gasteiger partial charge in [0.1, 0.15) is 0 Å². The molecule has 1 unspecified atom stereocenters. The highest BCUT2D eigenvalue weighted by Gasteiger charge is 2.27. The second kappa shape index (κ2) is 7.41. The summed E-state index contributed by atoms with van der Waals surface area (Å²) in [5.74, 6) is -0.259. The summed E-state index contributed by atoms with van der Waals surface area (Å²) in [7, 11) is -2.19. The van der Waals surface area contributed by atoms with Crippen molar-refractivity contribution in [2.45, 2.75) is 23.8 Å². The van der Waals surface area contributed by atoms with E-state index in [2.05, 4.69) is 9.46 Å². The number of nitrogens with one attached hydrogen (secondary N) is 1. The zero-order chi connectivity index (χ0) is 16.2. The van der Waals surface area contributed by atoms with Gasteiger partial charge >= 0.3 is 5.97 Å². The minimum absolute atomic E-state index is 0.154. The molecule has 0 radical (unpaired) electrons. The van der Waals surface area contributed by atoms with Crippen LogP contribution in [0.2, 0.25) is 5.02 Å². The van der Waals surface area contributed by atoms with E-state index in [9.17, 15) is 13.2 Å². The van der Waals surface area contributed by atoms with E-state index in [1.54, 1.807) is 12.1 Å². The number of esters is 1. The summed E-state index contributed by atoms with van der Waals surface area (Å²) in [4.78, 5) is 13.4. The molecule has 122 valence electrons. The molecule has 2 rings (SSSR count). The second-order valence-corrected chi connectivity index (χ2v) is 7.34. The highest BCUT2D eigenvalue weighted by atomic mass is 35.5. The molecule has 1 aromatic carbocycles. The van der Waals surface area contributed by atoms with Crippen LogP contribution in [0.4, 0.5) is 0 Å². The van der Waals surface area contributed by atoms with E-state index in [0.29, 0.717) is 31.0 Å². The zero-order valence-electron chi connectivity index (χ0n) is 12.3. The normalized spacial score (nSPS) is 19.3. The summed E-state index contributed by atoms with van der Waals surface area (Å²) in [6.45, 7) is 1.92. The van der Waals surface area contributed by atoms with Crippen LogP contribution in [0.3, 0.4) is 0 Å². The fraction of sp³-hybridized carbons (Fsp3) is 0.500. The molecule has 1 aromatic rings. The lowest BCUT2D eigenvalue weighted by molar-refractivity contribution is -0.140. The van der Waals surface area contributed by atoms with E-state index in [1.807, 2.05) is 4.90 Å². The van der Waals surface area contributed by atoms with E-state index >= 15 is 0 Å². The Bertz CT molecular complexity index is 618. The van der Waals surface area contributed by atoms with Crippen molar-refractivity contribution in [3.05, 3.63) is 29.3 Å². The molecule has 0 amide bonds. The van der Waals surface area contributed by atoms with Gasteiger partial charge in [-0.05, 0) is 37.2 Å². The Balaban J connectivity index is 1.89. The number of hydrogen-bond acceptors (Lipinski definition) is 5. The molecular formula is C14H19ClN2O4S. The lowest BCUT2D eigenvalue weighted by Gasteiger charge is -2.16. The molecule has 1 atom stereocenters. The number of ether oxygens (including phenoxy) is 1. The van der Waals surface area contributed by atoms with Gasteiger partial charge in [0, 0.05) is 24.2 Å². The van der Waals surface area contributed by atoms with Crippen LogP contribution in [-0.2, 0) is 19.6 Å². The summed E-state index contributed by atoms with van der Waals surface area (Å²) in [5.41, 5.74) is 0. The molecule has 6 nitrogen and oxygen atoms in total. The van der Waals surface area contributed by atoms with Crippen molar-refractivity contribution in [1.29, 1.82) is 0 Å². The number of hydrogen-bond donors (Lipinski definition) is 1. The van der Waals surface area contributed by atoms with Gasteiger partial charge in [-0.15, -0.1) is 0 Å². The van der Waals surface area contributed by atoms with Gasteiger partial charge in [0.15, 0.2) is 0 Å². The molecule has 1 aliphatic rings. The van der Waals surface area contributed by atoms with Crippen molar-refractivity contribution in [3.8, 4) is 0 Å². The molecule has 1 heterocycles. The summed E-state index contributed by atoms with van der Waals surface area (Å²) < 4.78 is 31.8. The highest BCUT2D eigenvalue weighted by Crippen LogP contribution is 2.17. The van der Waals surface area contributed by atoms with Crippen molar-refractivity contribution in [1.82, 2.24) is 9.62 Å². The van der Waals surface area contributed by atoms with Crippen molar-refractivity contribution in [2.24, 2.45) is 0 Å². The first-order chi connectivity index (χ1) is 10.4. The largest absolute Gasteiger partial charge is 0.469 e. The predicted molar refractivity (Wildman–Crippen MR) is 83.3 cm³/mol. The maximum Gasteiger partial charge on any atom is 0.306 e. The molecule has 8 heteroatoms. The fourth-order valence-corrected chi connectivity index (χ4v) is 3.77. The van der Waals surface area contributed by atoms with Crippen LogP contribution in [0.5, 0.6) is 0 Å². The van der Waals surface area contributed by atoms with Crippen LogP contribution in [0.25, 0.3) is 0 Å². The number of nitrogens with zero attached hydrogens (tertiary/aromatic N) is 1. The Morgan fingerprint density at radius 3 is 2.73 bits per heavy atom. The molecule has 1 fully saturated rings. The first kappa shape index (κ1) is 17.2. The van der Waals surface area contributed by atoms with Crippen molar-refractivity contribution >= 4 is 27.6 Å². The topological polar surface area (TPSA) is 75.7 Å². The van der Waals surface area contributed by atoms with Gasteiger partial charge in [-0.2, -0.15) is 0 Å². The van der Waals surface area contributed by atoms with E-state index in [4.69, 9.17) is 11.6 Å². The first-order valence-corrected chi connectivity index (χ1v) is 8.84. The van der Waals surface area contributed by atoms with Crippen LogP contribution < -0.4 is 4.72 Å². The van der Waals surface area contributed by atoms with Crippen LogP contribution in [0.15, 0.2) is 29.2 Å². The molecule has 1 N–H and O–H groups in total. The summed E-state index contributed by atoms with van der Waals surface area (Å²) in [5, 5.41) is 0.494. The van der Waals surface area contributed by atoms with Gasteiger partial charge in [-0.3, -0.25) is 4.79 Å². The van der Waals surface area contributed by atoms with Gasteiger partial charge in [-0.25, -0.2) is 13.1 Å². The Morgan fingerprint density at radius 1 is 1.41 bits per heavy atom. The van der Waals surface area contributed by atoms with E-state index < -0.39 is 10.0 Å². The number of carbonyl (C=O) groups excluding carboxylic acids is 1. The average Bonchev–Trinajstić information content (AvgIpc) is 2.92. The number of rotatable bonds is 6. The average molecular weight is 347 g/mol. The van der Waals surface area contributed by atoms with Crippen LogP contribution in [-0.4, -0.2) is 52.1 Å². The molecule has 0 saturated carbocycles. The van der Waals surface area contributed by atoms with E-state index in [1.165, 1.54) is 19.2 Å². The number of benzene rings is 1. The van der Waals surface area contributed by atoms with Gasteiger partial charge < -0.3 is 9.64 Å². The van der Waals surface area contributed by atoms with Gasteiger partial charge in [0.25, 0.3) is 0 Å². The van der Waals surface area contributed by atoms with Crippen LogP contribution in [0, 0.1) is 0 Å². The molecule has 0 aliphatic carbocycles. The fourth-order valence-electron chi connectivity index (χ4n) is 2.38. The summed E-state index contributed by atoms with van der Waals surface area (Å²) in [6, 6.07) is 5.91. The number of sulfonamides is 1. The molecule has 1 saturated heterocycles. The molecule has 0 spiro atoms. The lowest BCUT2D eigenvalue weighted by Crippen LogP contribution is -2.37. The third-order valence-electron chi connectivity index (χ3n) is 3.58. The molecule has 1 aliphatic heterocycles. The Labute approximate surface area is 135 Å². The molecule has 0 aromatic heterocycles. The first-order valence-electron chi connectivity index (χ1n) is 6.98. The zero-order valence-corrected chi connectivity index (χ0v) is 13.9. The third-order valence-corrected chi connectivity index (χ3v) is 5.37. The molecule has 22 heavy (non-hydrogen) atoms. The maximum atomic E-state index is 12.3. The van der Waals surface area contributed by atoms with Gasteiger partial charge in [0.05, 0.1) is 18.4 Å². The minimum atomic E-state index is -3.55. The van der Waals surface area contributed by atoms with Crippen molar-refractivity contribution in [3.63, 3.8) is 0 Å². The standard InChI is InChI=1S/C14H19ClN2O4S/c1-21-14(18)7-9-17-8-6-12(10-17)16-22(19,20)13-4-2-11(15)3-5-13/h2-5,12,16H,6-10H2,1H3. The Kier molecular flexibility index (Phi) is 5.80. The third kappa shape index (κ3) is 4.67. The summed E-state index contributed by atoms with van der Waals surface area (Å²) >= 11 is 5.76. The molecule has 0 bridgehead atoms. The second-order valence-electron chi connectivity index (χ2n) is 5.19. The number of carbonyl (C=O) groups is 1. The molecular weight excluding hydrogens is 328 g/mol. The predicted octanol–water partition coefficient (Wildman–Crippen LogP) is 1.26. The number of methoxy groups -OCH3 is 1. The number of halogens is 1. The van der Waals surface area contributed by atoms with Gasteiger partial charge in [0.2, 0.25) is 10.0 Å². The lowest BCUT2D eigenvalue weighted by atomic mass is 10.3. The minimum Gasteiger partial charge on any atom is -0.469 e. The Hall–Kier alpha value is -1.15.